The Balaban J connectivity index is 3.06. The van der Waals surface area contributed by atoms with Gasteiger partial charge in [-0.25, -0.2) is 0 Å². The fourth-order valence-corrected chi connectivity index (χ4v) is 0.643. The van der Waals surface area contributed by atoms with E-state index < -0.39 is 11.7 Å². The maximum atomic E-state index is 11.9. The molecule has 1 radical (unpaired) electrons. The van der Waals surface area contributed by atoms with Crippen LogP contribution in [0.15, 0.2) is 18.5 Å². The van der Waals surface area contributed by atoms with Gasteiger partial charge in [0.1, 0.15) is 0 Å². The van der Waals surface area contributed by atoms with Gasteiger partial charge in [-0.15, -0.1) is 0 Å². The van der Waals surface area contributed by atoms with Crippen molar-refractivity contribution in [3.05, 3.63) is 36.5 Å². The van der Waals surface area contributed by atoms with Crippen LogP contribution in [0.3, 0.4) is 0 Å². The monoisotopic (exact) mass is 160 g/mol. The highest BCUT2D eigenvalue weighted by Gasteiger charge is 2.30. The zero-order chi connectivity index (χ0) is 8.48. The van der Waals surface area contributed by atoms with Crippen LogP contribution >= 0.6 is 0 Å². The third-order valence-electron chi connectivity index (χ3n) is 1.12. The van der Waals surface area contributed by atoms with Crippen LogP contribution in [0.5, 0.6) is 0 Å². The summed E-state index contributed by atoms with van der Waals surface area (Å²) in [6.45, 7) is 3.33. The quantitative estimate of drug-likeness (QED) is 0.567. The van der Waals surface area contributed by atoms with E-state index in [1.807, 2.05) is 0 Å². The number of hydrogen-bond acceptors (Lipinski definition) is 1. The normalized spacial score (nSPS) is 11.6. The fourth-order valence-electron chi connectivity index (χ4n) is 0.643. The van der Waals surface area contributed by atoms with Crippen LogP contribution in [0.4, 0.5) is 13.2 Å². The second kappa shape index (κ2) is 2.53. The van der Waals surface area contributed by atoms with Crippen molar-refractivity contribution < 1.29 is 13.2 Å². The molecule has 59 valence electrons. The molecule has 0 bridgehead atoms. The summed E-state index contributed by atoms with van der Waals surface area (Å²) < 4.78 is 35.7. The molecule has 0 aliphatic carbocycles. The van der Waals surface area contributed by atoms with Gasteiger partial charge in [-0.1, -0.05) is 0 Å². The van der Waals surface area contributed by atoms with E-state index in [1.165, 1.54) is 6.20 Å². The summed E-state index contributed by atoms with van der Waals surface area (Å²) in [5, 5.41) is 0. The Hall–Kier alpha value is -1.06. The third kappa shape index (κ3) is 1.93. The van der Waals surface area contributed by atoms with Gasteiger partial charge >= 0.3 is 6.18 Å². The minimum absolute atomic E-state index is 0.264. The molecule has 4 heteroatoms. The lowest BCUT2D eigenvalue weighted by molar-refractivity contribution is -0.137. The SMILES string of the molecule is [CH2]c1cncc(C(F)(F)F)c1. The van der Waals surface area contributed by atoms with Crippen LogP contribution in [0.2, 0.25) is 0 Å². The lowest BCUT2D eigenvalue weighted by atomic mass is 10.2. The van der Waals surface area contributed by atoms with Gasteiger partial charge in [0, 0.05) is 12.4 Å². The second-order valence-corrected chi connectivity index (χ2v) is 2.08. The maximum absolute atomic E-state index is 11.9. The molecule has 0 N–H and O–H groups in total. The molecule has 0 aromatic carbocycles. The molecule has 0 aliphatic rings. The second-order valence-electron chi connectivity index (χ2n) is 2.08. The van der Waals surface area contributed by atoms with Crippen molar-refractivity contribution in [1.82, 2.24) is 4.98 Å². The number of rotatable bonds is 0. The van der Waals surface area contributed by atoms with Gasteiger partial charge < -0.3 is 0 Å². The molecule has 1 heterocycles. The Labute approximate surface area is 61.9 Å². The molecular formula is C7H5F3N. The van der Waals surface area contributed by atoms with Crippen LogP contribution in [0, 0.1) is 6.92 Å². The molecule has 0 saturated heterocycles. The van der Waals surface area contributed by atoms with Gasteiger partial charge in [0.05, 0.1) is 5.56 Å². The van der Waals surface area contributed by atoms with Gasteiger partial charge in [-0.05, 0) is 18.6 Å². The zero-order valence-electron chi connectivity index (χ0n) is 5.52. The summed E-state index contributed by atoms with van der Waals surface area (Å²) >= 11 is 0. The highest BCUT2D eigenvalue weighted by molar-refractivity contribution is 5.22. The molecule has 1 rings (SSSR count). The summed E-state index contributed by atoms with van der Waals surface area (Å²) in [7, 11) is 0. The first kappa shape index (κ1) is 8.04. The predicted molar refractivity (Wildman–Crippen MR) is 33.7 cm³/mol. The van der Waals surface area contributed by atoms with Crippen molar-refractivity contribution in [2.24, 2.45) is 0 Å². The smallest absolute Gasteiger partial charge is 0.264 e. The van der Waals surface area contributed by atoms with Gasteiger partial charge in [0.25, 0.3) is 0 Å². The van der Waals surface area contributed by atoms with E-state index in [0.29, 0.717) is 0 Å². The molecule has 0 unspecified atom stereocenters. The van der Waals surface area contributed by atoms with E-state index in [0.717, 1.165) is 12.3 Å². The van der Waals surface area contributed by atoms with E-state index in [2.05, 4.69) is 11.9 Å². The first-order valence-corrected chi connectivity index (χ1v) is 2.84. The van der Waals surface area contributed by atoms with Crippen LogP contribution in [0.25, 0.3) is 0 Å². The van der Waals surface area contributed by atoms with Crippen LogP contribution in [-0.4, -0.2) is 4.98 Å². The van der Waals surface area contributed by atoms with Gasteiger partial charge in [-0.3, -0.25) is 4.98 Å². The summed E-state index contributed by atoms with van der Waals surface area (Å²) in [6.07, 6.45) is -2.27. The predicted octanol–water partition coefficient (Wildman–Crippen LogP) is 2.28. The van der Waals surface area contributed by atoms with E-state index in [1.54, 1.807) is 0 Å². The Bertz CT molecular complexity index is 254. The van der Waals surface area contributed by atoms with E-state index in [-0.39, 0.29) is 5.56 Å². The molecule has 0 aliphatic heterocycles. The van der Waals surface area contributed by atoms with Crippen molar-refractivity contribution in [1.29, 1.82) is 0 Å². The highest BCUT2D eigenvalue weighted by atomic mass is 19.4. The number of pyridine rings is 1. The number of aromatic nitrogens is 1. The van der Waals surface area contributed by atoms with Crippen molar-refractivity contribution in [3.63, 3.8) is 0 Å². The van der Waals surface area contributed by atoms with Crippen LogP contribution < -0.4 is 0 Å². The van der Waals surface area contributed by atoms with E-state index >= 15 is 0 Å². The summed E-state index contributed by atoms with van der Waals surface area (Å²) in [4.78, 5) is 3.37. The molecule has 0 atom stereocenters. The lowest BCUT2D eigenvalue weighted by Gasteiger charge is -2.05. The number of hydrogen-bond donors (Lipinski definition) is 0. The minimum atomic E-state index is -4.32. The van der Waals surface area contributed by atoms with Crippen molar-refractivity contribution in [3.8, 4) is 0 Å². The third-order valence-corrected chi connectivity index (χ3v) is 1.12. The molecular weight excluding hydrogens is 155 g/mol. The molecule has 0 fully saturated rings. The number of halogens is 3. The lowest BCUT2D eigenvalue weighted by Crippen LogP contribution is -2.05. The van der Waals surface area contributed by atoms with Gasteiger partial charge in [0.2, 0.25) is 0 Å². The number of nitrogens with zero attached hydrogens (tertiary/aromatic N) is 1. The maximum Gasteiger partial charge on any atom is 0.417 e. The topological polar surface area (TPSA) is 12.9 Å². The van der Waals surface area contributed by atoms with E-state index in [4.69, 9.17) is 0 Å². The van der Waals surface area contributed by atoms with Crippen molar-refractivity contribution in [2.45, 2.75) is 6.18 Å². The summed E-state index contributed by atoms with van der Waals surface area (Å²) in [6, 6.07) is 0.951. The Kier molecular flexibility index (Phi) is 1.85. The Morgan fingerprint density at radius 3 is 2.27 bits per heavy atom. The Morgan fingerprint density at radius 1 is 1.27 bits per heavy atom. The molecule has 1 aromatic heterocycles. The largest absolute Gasteiger partial charge is 0.417 e. The molecule has 11 heavy (non-hydrogen) atoms. The molecule has 1 nitrogen and oxygen atoms in total. The standard InChI is InChI=1S/C7H5F3N/c1-5-2-6(4-11-3-5)7(8,9)10/h2-4H,1H2. The fraction of sp³-hybridized carbons (Fsp3) is 0.143. The molecule has 0 saturated carbocycles. The van der Waals surface area contributed by atoms with E-state index in [9.17, 15) is 13.2 Å². The number of alkyl halides is 3. The van der Waals surface area contributed by atoms with Gasteiger partial charge in [-0.2, -0.15) is 13.2 Å². The average Bonchev–Trinajstić information content (AvgIpc) is 1.86. The summed E-state index contributed by atoms with van der Waals surface area (Å²) in [5.74, 6) is 0. The van der Waals surface area contributed by atoms with Crippen LogP contribution in [-0.2, 0) is 6.18 Å². The van der Waals surface area contributed by atoms with Crippen molar-refractivity contribution in [2.75, 3.05) is 0 Å². The first-order chi connectivity index (χ1) is 5.00. The minimum Gasteiger partial charge on any atom is -0.264 e. The molecule has 0 spiro atoms. The van der Waals surface area contributed by atoms with Gasteiger partial charge in [0.15, 0.2) is 0 Å². The summed E-state index contributed by atoms with van der Waals surface area (Å²) in [5.41, 5.74) is -0.496. The highest BCUT2D eigenvalue weighted by Crippen LogP contribution is 2.28. The van der Waals surface area contributed by atoms with Crippen molar-refractivity contribution >= 4 is 0 Å². The Morgan fingerprint density at radius 2 is 1.91 bits per heavy atom. The van der Waals surface area contributed by atoms with Crippen LogP contribution in [0.1, 0.15) is 11.1 Å². The first-order valence-electron chi connectivity index (χ1n) is 2.84. The average molecular weight is 160 g/mol. The molecule has 1 aromatic rings. The molecule has 0 amide bonds. The zero-order valence-corrected chi connectivity index (χ0v) is 5.52.